The van der Waals surface area contributed by atoms with E-state index in [1.54, 1.807) is 19.1 Å². The number of carboxylic acids is 1. The number of ketones is 1. The van der Waals surface area contributed by atoms with Crippen LogP contribution in [0.15, 0.2) is 30.3 Å². The molecule has 0 saturated heterocycles. The maximum Gasteiger partial charge on any atom is 0.306 e. The molecule has 4 nitrogen and oxygen atoms in total. The van der Waals surface area contributed by atoms with Gasteiger partial charge in [-0.05, 0) is 19.4 Å². The number of unbranched alkanes of at least 4 members (excludes halogenated alkanes) is 1. The predicted octanol–water partition coefficient (Wildman–Crippen LogP) is 2.35. The highest BCUT2D eigenvalue weighted by atomic mass is 16.4. The van der Waals surface area contributed by atoms with Gasteiger partial charge in [0.2, 0.25) is 0 Å². The van der Waals surface area contributed by atoms with Crippen molar-refractivity contribution < 1.29 is 14.7 Å². The van der Waals surface area contributed by atoms with E-state index in [2.05, 4.69) is 5.32 Å². The second-order valence-electron chi connectivity index (χ2n) is 4.70. The molecule has 0 unspecified atom stereocenters. The summed E-state index contributed by atoms with van der Waals surface area (Å²) in [6.45, 7) is 2.79. The van der Waals surface area contributed by atoms with Gasteiger partial charge in [-0.15, -0.1) is 0 Å². The first-order valence-electron chi connectivity index (χ1n) is 6.63. The maximum atomic E-state index is 11.7. The molecule has 0 aliphatic carbocycles. The van der Waals surface area contributed by atoms with Gasteiger partial charge in [-0.3, -0.25) is 9.59 Å². The number of hydrogen-bond acceptors (Lipinski definition) is 3. The van der Waals surface area contributed by atoms with Crippen molar-refractivity contribution in [2.45, 2.75) is 26.2 Å². The van der Waals surface area contributed by atoms with E-state index in [9.17, 15) is 9.59 Å². The first-order valence-corrected chi connectivity index (χ1v) is 6.63. The van der Waals surface area contributed by atoms with E-state index in [1.807, 2.05) is 18.2 Å². The fraction of sp³-hybridized carbons (Fsp3) is 0.467. The van der Waals surface area contributed by atoms with Crippen molar-refractivity contribution in [2.24, 2.45) is 5.92 Å². The highest BCUT2D eigenvalue weighted by Crippen LogP contribution is 2.07. The van der Waals surface area contributed by atoms with E-state index in [1.165, 1.54) is 0 Å². The third kappa shape index (κ3) is 6.15. The van der Waals surface area contributed by atoms with Crippen LogP contribution in [0.25, 0.3) is 0 Å². The molecule has 0 aliphatic heterocycles. The molecule has 2 N–H and O–H groups in total. The van der Waals surface area contributed by atoms with Crippen LogP contribution in [0.2, 0.25) is 0 Å². The van der Waals surface area contributed by atoms with Crippen LogP contribution >= 0.6 is 0 Å². The Bertz CT molecular complexity index is 403. The number of benzene rings is 1. The Balaban J connectivity index is 2.08. The van der Waals surface area contributed by atoms with Gasteiger partial charge >= 0.3 is 5.97 Å². The lowest BCUT2D eigenvalue weighted by Gasteiger charge is -2.06. The SMILES string of the molecule is C[C@@H](CCCCNCC(=O)c1ccccc1)C(=O)O. The molecule has 19 heavy (non-hydrogen) atoms. The van der Waals surface area contributed by atoms with Crippen LogP contribution in [-0.4, -0.2) is 29.9 Å². The summed E-state index contributed by atoms with van der Waals surface area (Å²) in [5.41, 5.74) is 0.717. The molecule has 104 valence electrons. The second-order valence-corrected chi connectivity index (χ2v) is 4.70. The lowest BCUT2D eigenvalue weighted by Crippen LogP contribution is -2.24. The van der Waals surface area contributed by atoms with Gasteiger partial charge in [0.15, 0.2) is 5.78 Å². The van der Waals surface area contributed by atoms with Crippen molar-refractivity contribution in [3.05, 3.63) is 35.9 Å². The Morgan fingerprint density at radius 3 is 2.53 bits per heavy atom. The minimum atomic E-state index is -0.743. The molecule has 1 aromatic carbocycles. The van der Waals surface area contributed by atoms with Crippen molar-refractivity contribution in [3.63, 3.8) is 0 Å². The highest BCUT2D eigenvalue weighted by molar-refractivity contribution is 5.97. The molecule has 0 aliphatic rings. The van der Waals surface area contributed by atoms with Crippen LogP contribution < -0.4 is 5.32 Å². The smallest absolute Gasteiger partial charge is 0.306 e. The second kappa shape index (κ2) is 8.43. The molecular formula is C15H21NO3. The van der Waals surface area contributed by atoms with Crippen LogP contribution in [0.1, 0.15) is 36.5 Å². The van der Waals surface area contributed by atoms with Gasteiger partial charge in [-0.1, -0.05) is 43.7 Å². The van der Waals surface area contributed by atoms with Crippen molar-refractivity contribution in [2.75, 3.05) is 13.1 Å². The number of hydrogen-bond donors (Lipinski definition) is 2. The third-order valence-electron chi connectivity index (χ3n) is 3.04. The number of aliphatic carboxylic acids is 1. The largest absolute Gasteiger partial charge is 0.481 e. The number of nitrogens with one attached hydrogen (secondary N) is 1. The minimum Gasteiger partial charge on any atom is -0.481 e. The fourth-order valence-corrected chi connectivity index (χ4v) is 1.75. The first-order chi connectivity index (χ1) is 9.11. The van der Waals surface area contributed by atoms with Crippen molar-refractivity contribution in [3.8, 4) is 0 Å². The lowest BCUT2D eigenvalue weighted by atomic mass is 10.0. The van der Waals surface area contributed by atoms with Gasteiger partial charge in [-0.25, -0.2) is 0 Å². The Kier molecular flexibility index (Phi) is 6.82. The Hall–Kier alpha value is -1.68. The zero-order valence-electron chi connectivity index (χ0n) is 11.3. The van der Waals surface area contributed by atoms with Gasteiger partial charge in [0.25, 0.3) is 0 Å². The van der Waals surface area contributed by atoms with E-state index >= 15 is 0 Å². The molecule has 4 heteroatoms. The fourth-order valence-electron chi connectivity index (χ4n) is 1.75. The predicted molar refractivity (Wildman–Crippen MR) is 74.3 cm³/mol. The third-order valence-corrected chi connectivity index (χ3v) is 3.04. The molecule has 0 radical (unpaired) electrons. The molecule has 1 rings (SSSR count). The topological polar surface area (TPSA) is 66.4 Å². The summed E-state index contributed by atoms with van der Waals surface area (Å²) in [4.78, 5) is 22.3. The van der Waals surface area contributed by atoms with Crippen LogP contribution in [0.3, 0.4) is 0 Å². The summed E-state index contributed by atoms with van der Waals surface area (Å²) in [5, 5.41) is 11.8. The van der Waals surface area contributed by atoms with E-state index < -0.39 is 5.97 Å². The van der Waals surface area contributed by atoms with Crippen LogP contribution in [0.5, 0.6) is 0 Å². The summed E-state index contributed by atoms with van der Waals surface area (Å²) >= 11 is 0. The number of carbonyl (C=O) groups excluding carboxylic acids is 1. The van der Waals surface area contributed by atoms with Gasteiger partial charge < -0.3 is 10.4 Å². The van der Waals surface area contributed by atoms with Crippen molar-refractivity contribution >= 4 is 11.8 Å². The van der Waals surface area contributed by atoms with Crippen LogP contribution in [-0.2, 0) is 4.79 Å². The summed E-state index contributed by atoms with van der Waals surface area (Å²) in [6.07, 6.45) is 2.43. The number of carbonyl (C=O) groups is 2. The number of Topliss-reactive ketones (excluding diaryl/α,β-unsaturated/α-hetero) is 1. The van der Waals surface area contributed by atoms with Gasteiger partial charge in [0.05, 0.1) is 12.5 Å². The van der Waals surface area contributed by atoms with Crippen molar-refractivity contribution in [1.82, 2.24) is 5.32 Å². The van der Waals surface area contributed by atoms with Crippen molar-refractivity contribution in [1.29, 1.82) is 0 Å². The quantitative estimate of drug-likeness (QED) is 0.530. The van der Waals surface area contributed by atoms with Gasteiger partial charge in [0, 0.05) is 5.56 Å². The summed E-state index contributed by atoms with van der Waals surface area (Å²) in [7, 11) is 0. The van der Waals surface area contributed by atoms with E-state index in [0.717, 1.165) is 24.9 Å². The molecule has 0 bridgehead atoms. The molecule has 1 aromatic rings. The Morgan fingerprint density at radius 2 is 1.89 bits per heavy atom. The van der Waals surface area contributed by atoms with Gasteiger partial charge in [0.1, 0.15) is 0 Å². The zero-order chi connectivity index (χ0) is 14.1. The average molecular weight is 263 g/mol. The zero-order valence-corrected chi connectivity index (χ0v) is 11.3. The summed E-state index contributed by atoms with van der Waals surface area (Å²) < 4.78 is 0. The average Bonchev–Trinajstić information content (AvgIpc) is 2.42. The van der Waals surface area contributed by atoms with E-state index in [-0.39, 0.29) is 11.7 Å². The molecule has 0 saturated carbocycles. The minimum absolute atomic E-state index is 0.0829. The standard InChI is InChI=1S/C15H21NO3/c1-12(15(18)19)7-5-6-10-16-11-14(17)13-8-3-2-4-9-13/h2-4,8-9,12,16H,5-7,10-11H2,1H3,(H,18,19)/t12-/m0/s1. The molecule has 1 atom stereocenters. The maximum absolute atomic E-state index is 11.7. The Labute approximate surface area is 113 Å². The molecule has 0 spiro atoms. The highest BCUT2D eigenvalue weighted by Gasteiger charge is 2.09. The molecule has 0 heterocycles. The van der Waals surface area contributed by atoms with E-state index in [4.69, 9.17) is 5.11 Å². The monoisotopic (exact) mass is 263 g/mol. The first kappa shape index (κ1) is 15.4. The van der Waals surface area contributed by atoms with E-state index in [0.29, 0.717) is 13.0 Å². The summed E-state index contributed by atoms with van der Waals surface area (Å²) in [5.74, 6) is -0.947. The van der Waals surface area contributed by atoms with Gasteiger partial charge in [-0.2, -0.15) is 0 Å². The lowest BCUT2D eigenvalue weighted by molar-refractivity contribution is -0.141. The summed E-state index contributed by atoms with van der Waals surface area (Å²) in [6, 6.07) is 9.19. The van der Waals surface area contributed by atoms with Crippen LogP contribution in [0.4, 0.5) is 0 Å². The molecule has 0 fully saturated rings. The normalized spacial score (nSPS) is 12.1. The number of carboxylic acid groups (broad SMARTS) is 1. The van der Waals surface area contributed by atoms with Crippen LogP contribution in [0, 0.1) is 5.92 Å². The Morgan fingerprint density at radius 1 is 1.21 bits per heavy atom. The molecule has 0 aromatic heterocycles. The molecular weight excluding hydrogens is 242 g/mol. The number of rotatable bonds is 9. The molecule has 0 amide bonds.